The summed E-state index contributed by atoms with van der Waals surface area (Å²) in [5.74, 6) is 0.847. The fourth-order valence-electron chi connectivity index (χ4n) is 2.36. The van der Waals surface area contributed by atoms with Crippen molar-refractivity contribution in [2.24, 2.45) is 5.92 Å². The van der Waals surface area contributed by atoms with Gasteiger partial charge in [-0.2, -0.15) is 0 Å². The number of carbonyl (C=O) groups is 2. The second-order valence-corrected chi connectivity index (χ2v) is 7.13. The Balaban J connectivity index is 1.78. The highest BCUT2D eigenvalue weighted by Gasteiger charge is 2.08. The van der Waals surface area contributed by atoms with Crippen LogP contribution in [-0.2, 0) is 16.1 Å². The van der Waals surface area contributed by atoms with Crippen molar-refractivity contribution in [3.05, 3.63) is 59.7 Å². The standard InChI is InChI=1S/C22H28N2O3/c1-15(2)18-6-5-7-20(12-18)27-14-21(25)23-13-17-8-10-19(11-9-17)24-22(26)16(3)4/h5-12,15-16H,13-14H2,1-4H3,(H,23,25)(H,24,26). The zero-order valence-electron chi connectivity index (χ0n) is 16.4. The van der Waals surface area contributed by atoms with Crippen LogP contribution in [0, 0.1) is 5.92 Å². The number of hydrogen-bond donors (Lipinski definition) is 2. The third-order valence-corrected chi connectivity index (χ3v) is 4.13. The van der Waals surface area contributed by atoms with E-state index in [1.165, 1.54) is 5.56 Å². The molecule has 0 aliphatic rings. The van der Waals surface area contributed by atoms with Crippen LogP contribution in [0.15, 0.2) is 48.5 Å². The molecule has 5 nitrogen and oxygen atoms in total. The first-order chi connectivity index (χ1) is 12.8. The highest BCUT2D eigenvalue weighted by molar-refractivity contribution is 5.92. The molecule has 2 N–H and O–H groups in total. The smallest absolute Gasteiger partial charge is 0.258 e. The summed E-state index contributed by atoms with van der Waals surface area (Å²) in [5.41, 5.74) is 2.88. The lowest BCUT2D eigenvalue weighted by Gasteiger charge is -2.11. The van der Waals surface area contributed by atoms with E-state index in [-0.39, 0.29) is 24.3 Å². The zero-order chi connectivity index (χ0) is 19.8. The van der Waals surface area contributed by atoms with Crippen molar-refractivity contribution in [2.45, 2.75) is 40.2 Å². The Kier molecular flexibility index (Phi) is 7.41. The van der Waals surface area contributed by atoms with Crippen molar-refractivity contribution in [3.63, 3.8) is 0 Å². The number of amides is 2. The molecule has 5 heteroatoms. The van der Waals surface area contributed by atoms with Crippen LogP contribution in [0.2, 0.25) is 0 Å². The number of hydrogen-bond acceptors (Lipinski definition) is 3. The molecule has 0 heterocycles. The second-order valence-electron chi connectivity index (χ2n) is 7.13. The van der Waals surface area contributed by atoms with Crippen LogP contribution in [0.5, 0.6) is 5.75 Å². The zero-order valence-corrected chi connectivity index (χ0v) is 16.4. The molecule has 0 radical (unpaired) electrons. The minimum Gasteiger partial charge on any atom is -0.484 e. The number of ether oxygens (including phenoxy) is 1. The van der Waals surface area contributed by atoms with Gasteiger partial charge in [-0.3, -0.25) is 9.59 Å². The number of carbonyl (C=O) groups excluding carboxylic acids is 2. The van der Waals surface area contributed by atoms with Crippen LogP contribution in [-0.4, -0.2) is 18.4 Å². The molecule has 2 rings (SSSR count). The Morgan fingerprint density at radius 1 is 1.00 bits per heavy atom. The van der Waals surface area contributed by atoms with Gasteiger partial charge in [-0.05, 0) is 41.3 Å². The van der Waals surface area contributed by atoms with E-state index < -0.39 is 0 Å². The first-order valence-electron chi connectivity index (χ1n) is 9.24. The van der Waals surface area contributed by atoms with E-state index in [0.29, 0.717) is 18.2 Å². The molecule has 0 atom stereocenters. The van der Waals surface area contributed by atoms with Gasteiger partial charge < -0.3 is 15.4 Å². The van der Waals surface area contributed by atoms with Gasteiger partial charge in [0.2, 0.25) is 5.91 Å². The van der Waals surface area contributed by atoms with Gasteiger partial charge in [0.25, 0.3) is 5.91 Å². The highest BCUT2D eigenvalue weighted by atomic mass is 16.5. The highest BCUT2D eigenvalue weighted by Crippen LogP contribution is 2.20. The van der Waals surface area contributed by atoms with Crippen LogP contribution in [0.3, 0.4) is 0 Å². The Hall–Kier alpha value is -2.82. The molecular weight excluding hydrogens is 340 g/mol. The number of nitrogens with one attached hydrogen (secondary N) is 2. The molecule has 0 saturated heterocycles. The quantitative estimate of drug-likeness (QED) is 0.737. The van der Waals surface area contributed by atoms with Crippen molar-refractivity contribution >= 4 is 17.5 Å². The number of rotatable bonds is 8. The van der Waals surface area contributed by atoms with E-state index in [1.807, 2.05) is 62.4 Å². The lowest BCUT2D eigenvalue weighted by molar-refractivity contribution is -0.123. The van der Waals surface area contributed by atoms with Crippen LogP contribution in [0.4, 0.5) is 5.69 Å². The average Bonchev–Trinajstić information content (AvgIpc) is 2.66. The SMILES string of the molecule is CC(C)C(=O)Nc1ccc(CNC(=O)COc2cccc(C(C)C)c2)cc1. The molecule has 0 saturated carbocycles. The maximum Gasteiger partial charge on any atom is 0.258 e. The van der Waals surface area contributed by atoms with E-state index in [1.54, 1.807) is 0 Å². The first kappa shape index (κ1) is 20.5. The molecule has 144 valence electrons. The molecule has 0 unspecified atom stereocenters. The maximum atomic E-state index is 12.0. The van der Waals surface area contributed by atoms with Crippen LogP contribution >= 0.6 is 0 Å². The summed E-state index contributed by atoms with van der Waals surface area (Å²) in [6.45, 7) is 8.31. The minimum atomic E-state index is -0.179. The summed E-state index contributed by atoms with van der Waals surface area (Å²) in [5, 5.41) is 5.67. The van der Waals surface area contributed by atoms with Crippen molar-refractivity contribution in [3.8, 4) is 5.75 Å². The monoisotopic (exact) mass is 368 g/mol. The van der Waals surface area contributed by atoms with Gasteiger partial charge in [-0.25, -0.2) is 0 Å². The third-order valence-electron chi connectivity index (χ3n) is 4.13. The Morgan fingerprint density at radius 2 is 1.70 bits per heavy atom. The summed E-state index contributed by atoms with van der Waals surface area (Å²) >= 11 is 0. The molecule has 0 aliphatic carbocycles. The van der Waals surface area contributed by atoms with Crippen molar-refractivity contribution in [1.82, 2.24) is 5.32 Å². The van der Waals surface area contributed by atoms with Gasteiger partial charge in [-0.1, -0.05) is 52.0 Å². The van der Waals surface area contributed by atoms with Gasteiger partial charge in [0.1, 0.15) is 5.75 Å². The number of benzene rings is 2. The molecule has 0 fully saturated rings. The molecule has 27 heavy (non-hydrogen) atoms. The molecule has 2 aromatic rings. The van der Waals surface area contributed by atoms with Crippen molar-refractivity contribution in [1.29, 1.82) is 0 Å². The topological polar surface area (TPSA) is 67.4 Å². The molecule has 2 aromatic carbocycles. The molecule has 0 aliphatic heterocycles. The van der Waals surface area contributed by atoms with E-state index in [0.717, 1.165) is 11.3 Å². The summed E-state index contributed by atoms with van der Waals surface area (Å²) in [6, 6.07) is 15.2. The largest absolute Gasteiger partial charge is 0.484 e. The number of anilines is 1. The van der Waals surface area contributed by atoms with Crippen molar-refractivity contribution in [2.75, 3.05) is 11.9 Å². The van der Waals surface area contributed by atoms with E-state index >= 15 is 0 Å². The predicted octanol–water partition coefficient (Wildman–Crippen LogP) is 4.10. The fraction of sp³-hybridized carbons (Fsp3) is 0.364. The Bertz CT molecular complexity index is 767. The molecule has 0 aromatic heterocycles. The summed E-state index contributed by atoms with van der Waals surface area (Å²) < 4.78 is 5.57. The second kappa shape index (κ2) is 9.76. The van der Waals surface area contributed by atoms with Gasteiger partial charge in [0.15, 0.2) is 6.61 Å². The average molecular weight is 368 g/mol. The van der Waals surface area contributed by atoms with Crippen LogP contribution in [0.25, 0.3) is 0 Å². The van der Waals surface area contributed by atoms with Gasteiger partial charge in [-0.15, -0.1) is 0 Å². The molecule has 0 bridgehead atoms. The van der Waals surface area contributed by atoms with E-state index in [9.17, 15) is 9.59 Å². The van der Waals surface area contributed by atoms with E-state index in [2.05, 4.69) is 24.5 Å². The predicted molar refractivity (Wildman–Crippen MR) is 108 cm³/mol. The van der Waals surface area contributed by atoms with Gasteiger partial charge in [0.05, 0.1) is 0 Å². The third kappa shape index (κ3) is 6.77. The van der Waals surface area contributed by atoms with Gasteiger partial charge in [0, 0.05) is 18.2 Å². The van der Waals surface area contributed by atoms with Crippen molar-refractivity contribution < 1.29 is 14.3 Å². The summed E-state index contributed by atoms with van der Waals surface area (Å²) in [7, 11) is 0. The fourth-order valence-corrected chi connectivity index (χ4v) is 2.36. The summed E-state index contributed by atoms with van der Waals surface area (Å²) in [6.07, 6.45) is 0. The Labute approximate surface area is 161 Å². The van der Waals surface area contributed by atoms with Crippen LogP contribution < -0.4 is 15.4 Å². The molecule has 2 amide bonds. The summed E-state index contributed by atoms with van der Waals surface area (Å²) in [4.78, 5) is 23.7. The lowest BCUT2D eigenvalue weighted by Crippen LogP contribution is -2.28. The van der Waals surface area contributed by atoms with E-state index in [4.69, 9.17) is 4.74 Å². The lowest BCUT2D eigenvalue weighted by atomic mass is 10.0. The molecular formula is C22H28N2O3. The van der Waals surface area contributed by atoms with Gasteiger partial charge >= 0.3 is 0 Å². The first-order valence-corrected chi connectivity index (χ1v) is 9.24. The Morgan fingerprint density at radius 3 is 2.33 bits per heavy atom. The van der Waals surface area contributed by atoms with Crippen LogP contribution in [0.1, 0.15) is 44.7 Å². The maximum absolute atomic E-state index is 12.0. The minimum absolute atomic E-state index is 0.0188. The molecule has 0 spiro atoms. The normalized spacial score (nSPS) is 10.7.